The summed E-state index contributed by atoms with van der Waals surface area (Å²) in [6.07, 6.45) is 11.0. The van der Waals surface area contributed by atoms with Gasteiger partial charge < -0.3 is 32.6 Å². The number of hydrogen-bond donors (Lipinski definition) is 1. The molecule has 2 rings (SSSR count). The highest BCUT2D eigenvalue weighted by atomic mass is 28.4. The van der Waals surface area contributed by atoms with Gasteiger partial charge in [-0.25, -0.2) is 0 Å². The van der Waals surface area contributed by atoms with Crippen LogP contribution in [0.2, 0.25) is 54.4 Å². The molecule has 0 aromatic carbocycles. The predicted molar refractivity (Wildman–Crippen MR) is 255 cm³/mol. The molecular weight excluding hydrogens is 805 g/mol. The maximum absolute atomic E-state index is 13.9. The topological polar surface area (TPSA) is 113 Å². The molecule has 10 atom stereocenters. The van der Waals surface area contributed by atoms with Crippen LogP contribution in [0.3, 0.4) is 0 Å². The first kappa shape index (κ1) is 54.7. The lowest BCUT2D eigenvalue weighted by Gasteiger charge is -2.39. The minimum absolute atomic E-state index is 0.0838. The van der Waals surface area contributed by atoms with Crippen LogP contribution in [-0.2, 0) is 37.1 Å². The third kappa shape index (κ3) is 15.4. The number of ether oxygens (including phenoxy) is 3. The van der Waals surface area contributed by atoms with Crippen LogP contribution in [0, 0.1) is 11.8 Å². The van der Waals surface area contributed by atoms with Crippen LogP contribution >= 0.6 is 0 Å². The van der Waals surface area contributed by atoms with Gasteiger partial charge in [0.15, 0.2) is 25.0 Å². The Morgan fingerprint density at radius 2 is 1.47 bits per heavy atom. The Morgan fingerprint density at radius 3 is 1.97 bits per heavy atom. The molecule has 348 valence electrons. The quantitative estimate of drug-likeness (QED) is 0.0333. The van der Waals surface area contributed by atoms with E-state index in [0.29, 0.717) is 18.8 Å². The molecule has 1 saturated heterocycles. The summed E-state index contributed by atoms with van der Waals surface area (Å²) >= 11 is 0. The van der Waals surface area contributed by atoms with Gasteiger partial charge >= 0.3 is 11.9 Å². The summed E-state index contributed by atoms with van der Waals surface area (Å²) in [7, 11) is -5.90. The molecule has 2 aliphatic heterocycles. The number of carbonyl (C=O) groups excluding carboxylic acids is 2. The van der Waals surface area contributed by atoms with E-state index in [0.717, 1.165) is 72.8 Å². The molecule has 0 radical (unpaired) electrons. The largest absolute Gasteiger partial charge is 0.457 e. The van der Waals surface area contributed by atoms with Gasteiger partial charge in [-0.05, 0) is 106 Å². The van der Waals surface area contributed by atoms with Crippen LogP contribution in [0.4, 0.5) is 0 Å². The summed E-state index contributed by atoms with van der Waals surface area (Å²) in [6.45, 7) is 34.0. The highest BCUT2D eigenvalue weighted by molar-refractivity contribution is 6.74. The summed E-state index contributed by atoms with van der Waals surface area (Å²) in [6, 6.07) is 9.36. The fraction of sp³-hybridized carbons (Fsp3) is 0.833. The summed E-state index contributed by atoms with van der Waals surface area (Å²) < 4.78 is 39.8. The SMILES string of the molecule is CCC(O[Si](CC)(CC)CC)C(C)C1OC1CC(C)(C=CC=C(C)C1OC(=O)CC(O[Si](CC)(CC)CC)CCC(C)(O)C(OC(C)=O)C=CC1C)O[Si](CC)(CC)CC. The Balaban J connectivity index is 2.52. The van der Waals surface area contributed by atoms with Crippen LogP contribution in [0.1, 0.15) is 143 Å². The summed E-state index contributed by atoms with van der Waals surface area (Å²) in [5.41, 5.74) is -1.04. The molecule has 1 fully saturated rings. The Labute approximate surface area is 370 Å². The van der Waals surface area contributed by atoms with E-state index in [1.54, 1.807) is 13.0 Å². The fourth-order valence-electron chi connectivity index (χ4n) is 9.45. The van der Waals surface area contributed by atoms with Gasteiger partial charge in [0.25, 0.3) is 0 Å². The second-order valence-corrected chi connectivity index (χ2v) is 32.8. The van der Waals surface area contributed by atoms with Crippen LogP contribution in [0.5, 0.6) is 0 Å². The minimum Gasteiger partial charge on any atom is -0.457 e. The van der Waals surface area contributed by atoms with Gasteiger partial charge in [0.05, 0.1) is 30.3 Å². The van der Waals surface area contributed by atoms with E-state index in [4.69, 9.17) is 27.5 Å². The molecule has 12 heteroatoms. The molecule has 0 spiro atoms. The number of rotatable bonds is 24. The number of aliphatic hydroxyl groups is 1. The van der Waals surface area contributed by atoms with Gasteiger partial charge in [-0.3, -0.25) is 9.59 Å². The maximum Gasteiger partial charge on any atom is 0.308 e. The van der Waals surface area contributed by atoms with E-state index in [-0.39, 0.29) is 36.6 Å². The van der Waals surface area contributed by atoms with Gasteiger partial charge in [-0.1, -0.05) is 107 Å². The van der Waals surface area contributed by atoms with Crippen molar-refractivity contribution in [3.63, 3.8) is 0 Å². The lowest BCUT2D eigenvalue weighted by atomic mass is 9.88. The highest BCUT2D eigenvalue weighted by Gasteiger charge is 2.51. The van der Waals surface area contributed by atoms with Crippen molar-refractivity contribution >= 4 is 36.9 Å². The Hall–Kier alpha value is -1.39. The molecule has 0 bridgehead atoms. The van der Waals surface area contributed by atoms with Crippen LogP contribution in [-0.4, -0.2) is 89.8 Å². The van der Waals surface area contributed by atoms with Gasteiger partial charge in [0.1, 0.15) is 17.8 Å². The van der Waals surface area contributed by atoms with Gasteiger partial charge in [0, 0.05) is 31.3 Å². The first-order valence-electron chi connectivity index (χ1n) is 24.0. The molecule has 2 aliphatic rings. The van der Waals surface area contributed by atoms with Crippen molar-refractivity contribution in [3.05, 3.63) is 36.0 Å². The van der Waals surface area contributed by atoms with Gasteiger partial charge in [-0.15, -0.1) is 0 Å². The molecule has 0 aromatic heterocycles. The first-order valence-corrected chi connectivity index (χ1v) is 31.6. The van der Waals surface area contributed by atoms with Crippen molar-refractivity contribution in [1.82, 2.24) is 0 Å². The molecule has 2 heterocycles. The third-order valence-corrected chi connectivity index (χ3v) is 28.8. The van der Waals surface area contributed by atoms with E-state index < -0.39 is 60.4 Å². The van der Waals surface area contributed by atoms with E-state index >= 15 is 0 Å². The van der Waals surface area contributed by atoms with Gasteiger partial charge in [0.2, 0.25) is 0 Å². The second kappa shape index (κ2) is 24.6. The number of hydrogen-bond acceptors (Lipinski definition) is 9. The minimum atomic E-state index is -2.10. The molecule has 9 nitrogen and oxygen atoms in total. The maximum atomic E-state index is 13.9. The first-order chi connectivity index (χ1) is 28.2. The van der Waals surface area contributed by atoms with Crippen LogP contribution < -0.4 is 0 Å². The zero-order valence-electron chi connectivity index (χ0n) is 41.1. The van der Waals surface area contributed by atoms with Crippen molar-refractivity contribution in [2.24, 2.45) is 11.8 Å². The number of epoxide rings is 1. The van der Waals surface area contributed by atoms with E-state index in [2.05, 4.69) is 95.2 Å². The number of cyclic esters (lactones) is 1. The predicted octanol–water partition coefficient (Wildman–Crippen LogP) is 12.2. The average molecular weight is 895 g/mol. The molecule has 60 heavy (non-hydrogen) atoms. The summed E-state index contributed by atoms with van der Waals surface area (Å²) in [5.74, 6) is -0.775. The van der Waals surface area contributed by atoms with E-state index in [9.17, 15) is 14.7 Å². The monoisotopic (exact) mass is 895 g/mol. The van der Waals surface area contributed by atoms with Crippen molar-refractivity contribution in [2.45, 2.75) is 245 Å². The normalized spacial score (nSPS) is 28.4. The highest BCUT2D eigenvalue weighted by Crippen LogP contribution is 2.42. The zero-order chi connectivity index (χ0) is 45.5. The molecule has 1 N–H and O–H groups in total. The molecule has 0 aromatic rings. The summed E-state index contributed by atoms with van der Waals surface area (Å²) in [5, 5.41) is 11.7. The Kier molecular flexibility index (Phi) is 22.5. The van der Waals surface area contributed by atoms with Crippen molar-refractivity contribution in [2.75, 3.05) is 0 Å². The lowest BCUT2D eigenvalue weighted by molar-refractivity contribution is -0.157. The van der Waals surface area contributed by atoms with E-state index in [1.807, 2.05) is 26.0 Å². The van der Waals surface area contributed by atoms with Crippen molar-refractivity contribution < 1.29 is 42.2 Å². The van der Waals surface area contributed by atoms with Gasteiger partial charge in [-0.2, -0.15) is 0 Å². The lowest BCUT2D eigenvalue weighted by Crippen LogP contribution is -2.46. The third-order valence-electron chi connectivity index (χ3n) is 14.7. The molecule has 0 aliphatic carbocycles. The smallest absolute Gasteiger partial charge is 0.308 e. The number of allylic oxidation sites excluding steroid dienone is 2. The number of esters is 2. The Bertz CT molecular complexity index is 1380. The van der Waals surface area contributed by atoms with E-state index in [1.165, 1.54) is 6.92 Å². The second-order valence-electron chi connectivity index (χ2n) is 18.7. The molecular formula is C48H90O9Si3. The van der Waals surface area contributed by atoms with Crippen molar-refractivity contribution in [3.8, 4) is 0 Å². The Morgan fingerprint density at radius 1 is 0.917 bits per heavy atom. The molecule has 0 amide bonds. The average Bonchev–Trinajstić information content (AvgIpc) is 3.99. The summed E-state index contributed by atoms with van der Waals surface area (Å²) in [4.78, 5) is 26.1. The van der Waals surface area contributed by atoms with Crippen LogP contribution in [0.25, 0.3) is 0 Å². The standard InChI is InChI=1S/C48H90O9Si3/c1-17-41(56-59(21-5,22-6)23-7)38(13)46-42(53-46)35-47(15,57-60(24-8,25-9)26-10)32-27-28-36(11)45-37(12)29-30-43(52-39(14)49)48(16,51)33-31-40(34-44(50)54-45)55-58(18-2,19-3)20-4/h27-30,32,37-38,40-43,45-46,51H,17-26,31,33-35H2,1-16H3. The molecule has 0 saturated carbocycles. The number of carbonyl (C=O) groups is 2. The van der Waals surface area contributed by atoms with Crippen molar-refractivity contribution in [1.29, 1.82) is 0 Å². The molecule has 10 unspecified atom stereocenters. The fourth-order valence-corrected chi connectivity index (χ4v) is 18.5. The van der Waals surface area contributed by atoms with Crippen LogP contribution in [0.15, 0.2) is 36.0 Å². The zero-order valence-corrected chi connectivity index (χ0v) is 44.1.